The number of nitrogens with one attached hydrogen (secondary N) is 1. The van der Waals surface area contributed by atoms with Crippen LogP contribution in [0, 0.1) is 6.92 Å². The average Bonchev–Trinajstić information content (AvgIpc) is 3.31. The van der Waals surface area contributed by atoms with Crippen LogP contribution in [0.5, 0.6) is 11.5 Å². The van der Waals surface area contributed by atoms with E-state index in [0.29, 0.717) is 17.9 Å². The lowest BCUT2D eigenvalue weighted by Crippen LogP contribution is -2.48. The van der Waals surface area contributed by atoms with Gasteiger partial charge in [0.1, 0.15) is 11.5 Å². The van der Waals surface area contributed by atoms with E-state index in [9.17, 15) is 4.79 Å². The van der Waals surface area contributed by atoms with Crippen molar-refractivity contribution in [3.63, 3.8) is 0 Å². The van der Waals surface area contributed by atoms with Crippen LogP contribution in [0.15, 0.2) is 72.8 Å². The average molecular weight is 473 g/mol. The second-order valence-corrected chi connectivity index (χ2v) is 9.45. The fourth-order valence-corrected chi connectivity index (χ4v) is 5.22. The molecule has 4 aromatic rings. The second kappa shape index (κ2) is 10.2. The molecule has 0 atom stereocenters. The Hall–Kier alpha value is -3.42. The van der Waals surface area contributed by atoms with Crippen molar-refractivity contribution in [2.24, 2.45) is 0 Å². The molecule has 1 fully saturated rings. The first-order chi connectivity index (χ1) is 16.7. The van der Waals surface area contributed by atoms with Crippen LogP contribution in [0.3, 0.4) is 0 Å². The fraction of sp³-hybridized carbons (Fsp3) is 0.259. The minimum absolute atomic E-state index is 0.0815. The number of benzene rings is 3. The normalized spacial score (nSPS) is 14.3. The number of thiazole rings is 1. The molecule has 1 amide bonds. The number of hydrogen-bond donors (Lipinski definition) is 1. The molecule has 0 aliphatic carbocycles. The number of para-hydroxylation sites is 2. The molecule has 1 aliphatic heterocycles. The zero-order chi connectivity index (χ0) is 23.3. The summed E-state index contributed by atoms with van der Waals surface area (Å²) >= 11 is 1.77. The van der Waals surface area contributed by atoms with Crippen LogP contribution >= 0.6 is 11.3 Å². The van der Waals surface area contributed by atoms with E-state index in [1.165, 1.54) is 10.3 Å². The third kappa shape index (κ3) is 5.21. The van der Waals surface area contributed by atoms with Crippen LogP contribution in [-0.4, -0.2) is 55.1 Å². The number of amides is 1. The zero-order valence-electron chi connectivity index (χ0n) is 19.2. The minimum atomic E-state index is -0.0815. The molecule has 1 aromatic heterocycles. The molecule has 1 aliphatic rings. The van der Waals surface area contributed by atoms with E-state index in [2.05, 4.69) is 40.2 Å². The third-order valence-electron chi connectivity index (χ3n) is 6.04. The van der Waals surface area contributed by atoms with Crippen molar-refractivity contribution in [1.29, 1.82) is 0 Å². The predicted octanol–water partition coefficient (Wildman–Crippen LogP) is 4.95. The number of carbonyl (C=O) groups excluding carboxylic acids is 1. The summed E-state index contributed by atoms with van der Waals surface area (Å²) in [6, 6.07) is 23.2. The highest BCUT2D eigenvalue weighted by atomic mass is 32.1. The van der Waals surface area contributed by atoms with Gasteiger partial charge in [-0.1, -0.05) is 47.7 Å². The standard InChI is InChI=1S/C27H28N4O2S/c1-20-7-5-12-24-25(20)29-27(34-24)31-17-15-30(16-18-31)14-13-28-26(32)21-8-6-11-23(19-21)33-22-9-3-2-4-10-22/h2-12,19H,13-18H2,1H3,(H,28,32). The molecule has 5 rings (SSSR count). The summed E-state index contributed by atoms with van der Waals surface area (Å²) < 4.78 is 7.09. The fourth-order valence-electron chi connectivity index (χ4n) is 4.13. The Bertz CT molecular complexity index is 1270. The van der Waals surface area contributed by atoms with E-state index in [0.717, 1.165) is 49.1 Å². The number of fused-ring (bicyclic) bond motifs is 1. The van der Waals surface area contributed by atoms with Crippen LogP contribution in [0.1, 0.15) is 15.9 Å². The number of rotatable bonds is 7. The van der Waals surface area contributed by atoms with Gasteiger partial charge in [-0.3, -0.25) is 9.69 Å². The smallest absolute Gasteiger partial charge is 0.251 e. The molecule has 1 saturated heterocycles. The lowest BCUT2D eigenvalue weighted by molar-refractivity contribution is 0.0947. The Labute approximate surface area is 203 Å². The summed E-state index contributed by atoms with van der Waals surface area (Å²) in [6.45, 7) is 7.39. The summed E-state index contributed by atoms with van der Waals surface area (Å²) in [5, 5.41) is 4.15. The summed E-state index contributed by atoms with van der Waals surface area (Å²) in [7, 11) is 0. The van der Waals surface area contributed by atoms with E-state index < -0.39 is 0 Å². The molecule has 34 heavy (non-hydrogen) atoms. The monoisotopic (exact) mass is 472 g/mol. The Balaban J connectivity index is 1.09. The van der Waals surface area contributed by atoms with Gasteiger partial charge in [-0.05, 0) is 48.9 Å². The van der Waals surface area contributed by atoms with Gasteiger partial charge in [-0.25, -0.2) is 4.98 Å². The van der Waals surface area contributed by atoms with Gasteiger partial charge in [0, 0.05) is 44.8 Å². The molecule has 0 saturated carbocycles. The van der Waals surface area contributed by atoms with Gasteiger partial charge in [-0.2, -0.15) is 0 Å². The molecule has 3 aromatic carbocycles. The van der Waals surface area contributed by atoms with Gasteiger partial charge in [0.15, 0.2) is 5.13 Å². The number of carbonyl (C=O) groups is 1. The van der Waals surface area contributed by atoms with Gasteiger partial charge < -0.3 is 15.0 Å². The van der Waals surface area contributed by atoms with E-state index in [1.807, 2.05) is 48.5 Å². The molecule has 2 heterocycles. The van der Waals surface area contributed by atoms with Crippen molar-refractivity contribution < 1.29 is 9.53 Å². The molecule has 0 unspecified atom stereocenters. The van der Waals surface area contributed by atoms with Crippen LogP contribution in [-0.2, 0) is 0 Å². The van der Waals surface area contributed by atoms with Crippen molar-refractivity contribution in [2.75, 3.05) is 44.2 Å². The first kappa shape index (κ1) is 22.4. The summed E-state index contributed by atoms with van der Waals surface area (Å²) in [5.74, 6) is 1.32. The van der Waals surface area contributed by atoms with Crippen LogP contribution in [0.2, 0.25) is 0 Å². The van der Waals surface area contributed by atoms with E-state index in [1.54, 1.807) is 17.4 Å². The molecule has 0 spiro atoms. The number of ether oxygens (including phenoxy) is 1. The summed E-state index contributed by atoms with van der Waals surface area (Å²) in [4.78, 5) is 22.3. The first-order valence-electron chi connectivity index (χ1n) is 11.6. The Morgan fingerprint density at radius 2 is 1.74 bits per heavy atom. The van der Waals surface area contributed by atoms with Crippen molar-refractivity contribution in [2.45, 2.75) is 6.92 Å². The number of nitrogens with zero attached hydrogens (tertiary/aromatic N) is 3. The van der Waals surface area contributed by atoms with Crippen LogP contribution in [0.4, 0.5) is 5.13 Å². The number of aromatic nitrogens is 1. The molecule has 6 nitrogen and oxygen atoms in total. The molecular formula is C27H28N4O2S. The molecule has 174 valence electrons. The molecule has 1 N–H and O–H groups in total. The molecule has 0 bridgehead atoms. The minimum Gasteiger partial charge on any atom is -0.457 e. The van der Waals surface area contributed by atoms with Crippen LogP contribution in [0.25, 0.3) is 10.2 Å². The third-order valence-corrected chi connectivity index (χ3v) is 7.12. The number of aryl methyl sites for hydroxylation is 1. The highest BCUT2D eigenvalue weighted by Crippen LogP contribution is 2.31. The second-order valence-electron chi connectivity index (χ2n) is 8.45. The van der Waals surface area contributed by atoms with Gasteiger partial charge in [0.05, 0.1) is 10.2 Å². The summed E-state index contributed by atoms with van der Waals surface area (Å²) in [5.41, 5.74) is 2.95. The maximum Gasteiger partial charge on any atom is 0.251 e. The first-order valence-corrected chi connectivity index (χ1v) is 12.4. The van der Waals surface area contributed by atoms with Crippen molar-refractivity contribution in [3.05, 3.63) is 83.9 Å². The Kier molecular flexibility index (Phi) is 6.74. The van der Waals surface area contributed by atoms with Gasteiger partial charge in [0.2, 0.25) is 0 Å². The number of piperazine rings is 1. The largest absolute Gasteiger partial charge is 0.457 e. The van der Waals surface area contributed by atoms with Crippen molar-refractivity contribution >= 4 is 32.6 Å². The lowest BCUT2D eigenvalue weighted by atomic mass is 10.2. The zero-order valence-corrected chi connectivity index (χ0v) is 20.1. The van der Waals surface area contributed by atoms with Crippen molar-refractivity contribution in [1.82, 2.24) is 15.2 Å². The highest BCUT2D eigenvalue weighted by Gasteiger charge is 2.20. The van der Waals surface area contributed by atoms with E-state index in [-0.39, 0.29) is 5.91 Å². The van der Waals surface area contributed by atoms with Gasteiger partial charge in [-0.15, -0.1) is 0 Å². The molecule has 0 radical (unpaired) electrons. The molecular weight excluding hydrogens is 444 g/mol. The predicted molar refractivity (Wildman–Crippen MR) is 138 cm³/mol. The topological polar surface area (TPSA) is 57.7 Å². The van der Waals surface area contributed by atoms with Crippen molar-refractivity contribution in [3.8, 4) is 11.5 Å². The van der Waals surface area contributed by atoms with Gasteiger partial charge >= 0.3 is 0 Å². The van der Waals surface area contributed by atoms with E-state index in [4.69, 9.17) is 9.72 Å². The highest BCUT2D eigenvalue weighted by molar-refractivity contribution is 7.22. The Morgan fingerprint density at radius 3 is 2.53 bits per heavy atom. The summed E-state index contributed by atoms with van der Waals surface area (Å²) in [6.07, 6.45) is 0. The maximum absolute atomic E-state index is 12.6. The maximum atomic E-state index is 12.6. The van der Waals surface area contributed by atoms with Gasteiger partial charge in [0.25, 0.3) is 5.91 Å². The van der Waals surface area contributed by atoms with E-state index >= 15 is 0 Å². The van der Waals surface area contributed by atoms with Crippen LogP contribution < -0.4 is 15.0 Å². The lowest BCUT2D eigenvalue weighted by Gasteiger charge is -2.34. The number of anilines is 1. The quantitative estimate of drug-likeness (QED) is 0.413. The number of hydrogen-bond acceptors (Lipinski definition) is 6. The SMILES string of the molecule is Cc1cccc2sc(N3CCN(CCNC(=O)c4cccc(Oc5ccccc5)c4)CC3)nc12. The molecule has 7 heteroatoms. The Morgan fingerprint density at radius 1 is 0.971 bits per heavy atom.